The number of fused-ring (bicyclic) bond motifs is 1. The standard InChI is InChI=1S/C15H25N3O2S/c1-4-10-16-14-9-11-18(21(19,20)17-12(2)3)15-8-6-5-7-13(14)15/h5-8,12,14,16-17H,4,9-11H2,1-3H3. The van der Waals surface area contributed by atoms with Crippen LogP contribution in [-0.4, -0.2) is 27.5 Å². The zero-order chi connectivity index (χ0) is 15.5. The molecular formula is C15H25N3O2S. The summed E-state index contributed by atoms with van der Waals surface area (Å²) in [6.45, 7) is 7.24. The molecule has 0 radical (unpaired) electrons. The summed E-state index contributed by atoms with van der Waals surface area (Å²) in [6, 6.07) is 7.86. The van der Waals surface area contributed by atoms with Gasteiger partial charge in [-0.3, -0.25) is 4.31 Å². The second kappa shape index (κ2) is 6.77. The van der Waals surface area contributed by atoms with Crippen LogP contribution in [0.3, 0.4) is 0 Å². The minimum absolute atomic E-state index is 0.113. The van der Waals surface area contributed by atoms with Crippen LogP contribution in [0.25, 0.3) is 0 Å². The number of nitrogens with zero attached hydrogens (tertiary/aromatic N) is 1. The first-order chi connectivity index (χ1) is 9.95. The summed E-state index contributed by atoms with van der Waals surface area (Å²) in [6.07, 6.45) is 1.85. The fourth-order valence-corrected chi connectivity index (χ4v) is 4.17. The van der Waals surface area contributed by atoms with Crippen LogP contribution in [0.15, 0.2) is 24.3 Å². The van der Waals surface area contributed by atoms with E-state index in [9.17, 15) is 8.42 Å². The first-order valence-electron chi connectivity index (χ1n) is 7.58. The van der Waals surface area contributed by atoms with Gasteiger partial charge in [0.15, 0.2) is 0 Å². The van der Waals surface area contributed by atoms with Crippen molar-refractivity contribution in [1.29, 1.82) is 0 Å². The Labute approximate surface area is 127 Å². The lowest BCUT2D eigenvalue weighted by molar-refractivity contribution is 0.486. The Morgan fingerprint density at radius 3 is 2.71 bits per heavy atom. The number of hydrogen-bond acceptors (Lipinski definition) is 3. The van der Waals surface area contributed by atoms with E-state index >= 15 is 0 Å². The van der Waals surface area contributed by atoms with Crippen molar-refractivity contribution in [1.82, 2.24) is 10.0 Å². The maximum Gasteiger partial charge on any atom is 0.301 e. The van der Waals surface area contributed by atoms with Gasteiger partial charge in [0.1, 0.15) is 0 Å². The summed E-state index contributed by atoms with van der Waals surface area (Å²) in [5, 5.41) is 3.50. The highest BCUT2D eigenvalue weighted by Gasteiger charge is 2.31. The summed E-state index contributed by atoms with van der Waals surface area (Å²) in [5.74, 6) is 0. The zero-order valence-electron chi connectivity index (χ0n) is 13.0. The molecule has 2 N–H and O–H groups in total. The molecular weight excluding hydrogens is 286 g/mol. The molecule has 0 spiro atoms. The average Bonchev–Trinajstić information content (AvgIpc) is 2.43. The number of hydrogen-bond donors (Lipinski definition) is 2. The smallest absolute Gasteiger partial charge is 0.301 e. The van der Waals surface area contributed by atoms with Gasteiger partial charge < -0.3 is 5.32 Å². The molecule has 0 aromatic heterocycles. The van der Waals surface area contributed by atoms with Crippen molar-refractivity contribution in [3.8, 4) is 0 Å². The van der Waals surface area contributed by atoms with Gasteiger partial charge in [0.25, 0.3) is 0 Å². The van der Waals surface area contributed by atoms with E-state index in [1.165, 1.54) is 4.31 Å². The molecule has 1 atom stereocenters. The fourth-order valence-electron chi connectivity index (χ4n) is 2.67. The molecule has 1 unspecified atom stereocenters. The lowest BCUT2D eigenvalue weighted by Crippen LogP contribution is -2.47. The van der Waals surface area contributed by atoms with Gasteiger partial charge in [0.2, 0.25) is 0 Å². The first kappa shape index (κ1) is 16.3. The second-order valence-electron chi connectivity index (χ2n) is 5.70. The van der Waals surface area contributed by atoms with Crippen LogP contribution in [-0.2, 0) is 10.2 Å². The predicted molar refractivity (Wildman–Crippen MR) is 86.6 cm³/mol. The van der Waals surface area contributed by atoms with Gasteiger partial charge in [-0.25, -0.2) is 0 Å². The van der Waals surface area contributed by atoms with Gasteiger partial charge in [-0.2, -0.15) is 13.1 Å². The fraction of sp³-hybridized carbons (Fsp3) is 0.600. The third kappa shape index (κ3) is 3.75. The minimum Gasteiger partial charge on any atom is -0.310 e. The van der Waals surface area contributed by atoms with E-state index in [-0.39, 0.29) is 12.1 Å². The van der Waals surface area contributed by atoms with E-state index in [4.69, 9.17) is 0 Å². The van der Waals surface area contributed by atoms with Crippen molar-refractivity contribution in [2.24, 2.45) is 0 Å². The molecule has 118 valence electrons. The third-order valence-electron chi connectivity index (χ3n) is 3.52. The highest BCUT2D eigenvalue weighted by Crippen LogP contribution is 2.34. The molecule has 5 nitrogen and oxygen atoms in total. The van der Waals surface area contributed by atoms with Crippen LogP contribution in [0.1, 0.15) is 45.2 Å². The molecule has 0 bridgehead atoms. The van der Waals surface area contributed by atoms with Crippen molar-refractivity contribution in [3.63, 3.8) is 0 Å². The Morgan fingerprint density at radius 2 is 2.05 bits per heavy atom. The Bertz CT molecular complexity index is 572. The number of benzene rings is 1. The van der Waals surface area contributed by atoms with Crippen molar-refractivity contribution in [3.05, 3.63) is 29.8 Å². The van der Waals surface area contributed by atoms with Crippen LogP contribution < -0.4 is 14.3 Å². The van der Waals surface area contributed by atoms with Crippen LogP contribution >= 0.6 is 0 Å². The van der Waals surface area contributed by atoms with E-state index in [2.05, 4.69) is 17.0 Å². The highest BCUT2D eigenvalue weighted by atomic mass is 32.2. The largest absolute Gasteiger partial charge is 0.310 e. The lowest BCUT2D eigenvalue weighted by Gasteiger charge is -2.35. The summed E-state index contributed by atoms with van der Waals surface area (Å²) in [7, 11) is -3.48. The molecule has 0 fully saturated rings. The molecule has 0 aliphatic carbocycles. The molecule has 1 aromatic carbocycles. The molecule has 1 aliphatic rings. The maximum absolute atomic E-state index is 12.5. The number of nitrogens with one attached hydrogen (secondary N) is 2. The Balaban J connectivity index is 2.31. The van der Waals surface area contributed by atoms with Gasteiger partial charge in [-0.1, -0.05) is 25.1 Å². The van der Waals surface area contributed by atoms with Gasteiger partial charge in [0, 0.05) is 18.6 Å². The number of anilines is 1. The summed E-state index contributed by atoms with van der Waals surface area (Å²) in [5.41, 5.74) is 1.84. The van der Waals surface area contributed by atoms with Crippen LogP contribution in [0.5, 0.6) is 0 Å². The topological polar surface area (TPSA) is 61.4 Å². The highest BCUT2D eigenvalue weighted by molar-refractivity contribution is 7.90. The summed E-state index contributed by atoms with van der Waals surface area (Å²) in [4.78, 5) is 0. The first-order valence-corrected chi connectivity index (χ1v) is 9.02. The maximum atomic E-state index is 12.5. The van der Waals surface area contributed by atoms with Crippen molar-refractivity contribution < 1.29 is 8.42 Å². The van der Waals surface area contributed by atoms with Crippen molar-refractivity contribution in [2.75, 3.05) is 17.4 Å². The van der Waals surface area contributed by atoms with Crippen LogP contribution in [0, 0.1) is 0 Å². The third-order valence-corrected chi connectivity index (χ3v) is 5.25. The van der Waals surface area contributed by atoms with Crippen molar-refractivity contribution in [2.45, 2.75) is 45.7 Å². The Kier molecular flexibility index (Phi) is 5.24. The molecule has 21 heavy (non-hydrogen) atoms. The van der Waals surface area contributed by atoms with E-state index in [1.807, 2.05) is 38.1 Å². The predicted octanol–water partition coefficient (Wildman–Crippen LogP) is 2.18. The number of para-hydroxylation sites is 1. The Hall–Kier alpha value is -1.11. The van der Waals surface area contributed by atoms with Gasteiger partial charge in [0.05, 0.1) is 5.69 Å². The molecule has 0 amide bonds. The van der Waals surface area contributed by atoms with Crippen LogP contribution in [0.4, 0.5) is 5.69 Å². The molecule has 1 aromatic rings. The van der Waals surface area contributed by atoms with Gasteiger partial charge >= 0.3 is 10.2 Å². The van der Waals surface area contributed by atoms with Gasteiger partial charge in [-0.05, 0) is 44.9 Å². The summed E-state index contributed by atoms with van der Waals surface area (Å²) < 4.78 is 29.1. The molecule has 1 heterocycles. The second-order valence-corrected chi connectivity index (χ2v) is 7.33. The lowest BCUT2D eigenvalue weighted by atomic mass is 9.98. The number of rotatable bonds is 6. The SMILES string of the molecule is CCCNC1CCN(S(=O)(=O)NC(C)C)c2ccccc21. The molecule has 0 saturated carbocycles. The molecule has 0 saturated heterocycles. The average molecular weight is 311 g/mol. The normalized spacial score (nSPS) is 18.9. The zero-order valence-corrected chi connectivity index (χ0v) is 13.8. The van der Waals surface area contributed by atoms with E-state index < -0.39 is 10.2 Å². The van der Waals surface area contributed by atoms with Crippen LogP contribution in [0.2, 0.25) is 0 Å². The summed E-state index contributed by atoms with van der Waals surface area (Å²) >= 11 is 0. The monoisotopic (exact) mass is 311 g/mol. The van der Waals surface area contributed by atoms with E-state index in [1.54, 1.807) is 0 Å². The van der Waals surface area contributed by atoms with Gasteiger partial charge in [-0.15, -0.1) is 0 Å². The quantitative estimate of drug-likeness (QED) is 0.846. The minimum atomic E-state index is -3.48. The van der Waals surface area contributed by atoms with E-state index in [0.29, 0.717) is 6.54 Å². The molecule has 6 heteroatoms. The molecule has 2 rings (SSSR count). The Morgan fingerprint density at radius 1 is 1.33 bits per heavy atom. The molecule has 1 aliphatic heterocycles. The van der Waals surface area contributed by atoms with Crippen molar-refractivity contribution >= 4 is 15.9 Å². The van der Waals surface area contributed by atoms with E-state index in [0.717, 1.165) is 30.6 Å².